The number of nitrogens with one attached hydrogen (secondary N) is 1. The fraction of sp³-hybridized carbons (Fsp3) is 0.150. The fourth-order valence-corrected chi connectivity index (χ4v) is 2.96. The van der Waals surface area contributed by atoms with E-state index in [4.69, 9.17) is 4.74 Å². The molecular weight excluding hydrogens is 396 g/mol. The number of anilines is 2. The third-order valence-electron chi connectivity index (χ3n) is 3.89. The molecule has 0 aliphatic heterocycles. The van der Waals surface area contributed by atoms with Crippen molar-refractivity contribution in [3.8, 4) is 0 Å². The van der Waals surface area contributed by atoms with Gasteiger partial charge in [-0.15, -0.1) is 0 Å². The van der Waals surface area contributed by atoms with Crippen molar-refractivity contribution in [1.82, 2.24) is 4.98 Å². The number of ether oxygens (including phenoxy) is 1. The number of hydrogen-bond donors (Lipinski definition) is 1. The summed E-state index contributed by atoms with van der Waals surface area (Å²) >= 11 is 3.46. The number of halogens is 1. The van der Waals surface area contributed by atoms with Gasteiger partial charge in [-0.1, -0.05) is 15.9 Å². The summed E-state index contributed by atoms with van der Waals surface area (Å²) in [5, 5.41) is 4.07. The first-order valence-electron chi connectivity index (χ1n) is 8.13. The Hall–Kier alpha value is -2.73. The molecule has 3 aromatic rings. The van der Waals surface area contributed by atoms with Gasteiger partial charge in [0, 0.05) is 27.3 Å². The molecule has 0 saturated carbocycles. The largest absolute Gasteiger partial charge is 0.462 e. The van der Waals surface area contributed by atoms with Crippen molar-refractivity contribution in [3.05, 3.63) is 64.3 Å². The van der Waals surface area contributed by atoms with Crippen LogP contribution in [-0.2, 0) is 4.74 Å². The van der Waals surface area contributed by atoms with Crippen LogP contribution in [0.5, 0.6) is 0 Å². The number of carbonyl (C=O) groups is 2. The molecule has 6 heteroatoms. The molecule has 1 heterocycles. The van der Waals surface area contributed by atoms with E-state index in [0.717, 1.165) is 21.1 Å². The minimum Gasteiger partial charge on any atom is -0.462 e. The summed E-state index contributed by atoms with van der Waals surface area (Å²) in [6.07, 6.45) is 1.51. The minimum absolute atomic E-state index is 0.00190. The maximum atomic E-state index is 12.4. The van der Waals surface area contributed by atoms with Gasteiger partial charge in [-0.05, 0) is 56.3 Å². The maximum Gasteiger partial charge on any atom is 0.341 e. The lowest BCUT2D eigenvalue weighted by Gasteiger charge is -2.14. The van der Waals surface area contributed by atoms with Gasteiger partial charge in [0.1, 0.15) is 5.56 Å². The summed E-state index contributed by atoms with van der Waals surface area (Å²) < 4.78 is 6.04. The summed E-state index contributed by atoms with van der Waals surface area (Å²) in [4.78, 5) is 28.2. The lowest BCUT2D eigenvalue weighted by atomic mass is 10.1. The summed E-state index contributed by atoms with van der Waals surface area (Å²) in [7, 11) is 0. The minimum atomic E-state index is -0.440. The van der Waals surface area contributed by atoms with Crippen molar-refractivity contribution >= 4 is 50.0 Å². The lowest BCUT2D eigenvalue weighted by molar-refractivity contribution is 0.0527. The number of esters is 1. The molecule has 0 amide bonds. The van der Waals surface area contributed by atoms with Crippen LogP contribution in [0.1, 0.15) is 34.6 Å². The Morgan fingerprint density at radius 3 is 2.54 bits per heavy atom. The highest BCUT2D eigenvalue weighted by atomic mass is 79.9. The van der Waals surface area contributed by atoms with Gasteiger partial charge in [0.2, 0.25) is 0 Å². The standard InChI is InChI=1S/C20H17BrN2O3/c1-3-26-20(25)17-11-22-18-9-6-14(21)10-16(18)19(17)23-15-7-4-13(5-8-15)12(2)24/h4-11H,3H2,1-2H3,(H,22,23). The van der Waals surface area contributed by atoms with E-state index in [0.29, 0.717) is 16.8 Å². The molecule has 5 nitrogen and oxygen atoms in total. The zero-order chi connectivity index (χ0) is 18.7. The second-order valence-corrected chi connectivity index (χ2v) is 6.60. The topological polar surface area (TPSA) is 68.3 Å². The van der Waals surface area contributed by atoms with Crippen LogP contribution in [0.15, 0.2) is 53.1 Å². The number of fused-ring (bicyclic) bond motifs is 1. The molecule has 0 radical (unpaired) electrons. The number of nitrogens with zero attached hydrogens (tertiary/aromatic N) is 1. The highest BCUT2D eigenvalue weighted by Gasteiger charge is 2.17. The van der Waals surface area contributed by atoms with Gasteiger partial charge in [-0.25, -0.2) is 4.79 Å². The van der Waals surface area contributed by atoms with E-state index >= 15 is 0 Å². The molecule has 132 valence electrons. The van der Waals surface area contributed by atoms with E-state index in [1.807, 2.05) is 18.2 Å². The number of hydrogen-bond acceptors (Lipinski definition) is 5. The molecule has 0 unspecified atom stereocenters. The molecule has 1 N–H and O–H groups in total. The van der Waals surface area contributed by atoms with E-state index in [2.05, 4.69) is 26.2 Å². The number of Topliss-reactive ketones (excluding diaryl/α,β-unsaturated/α-hetero) is 1. The third kappa shape index (κ3) is 3.75. The van der Waals surface area contributed by atoms with E-state index in [9.17, 15) is 9.59 Å². The smallest absolute Gasteiger partial charge is 0.341 e. The van der Waals surface area contributed by atoms with E-state index in [-0.39, 0.29) is 12.4 Å². The summed E-state index contributed by atoms with van der Waals surface area (Å²) in [5.41, 5.74) is 3.11. The van der Waals surface area contributed by atoms with Crippen molar-refractivity contribution in [2.24, 2.45) is 0 Å². The first-order chi connectivity index (χ1) is 12.5. The van der Waals surface area contributed by atoms with E-state index in [1.165, 1.54) is 13.1 Å². The molecule has 0 aliphatic carbocycles. The van der Waals surface area contributed by atoms with Crippen LogP contribution in [-0.4, -0.2) is 23.3 Å². The van der Waals surface area contributed by atoms with Crippen LogP contribution in [0.4, 0.5) is 11.4 Å². The third-order valence-corrected chi connectivity index (χ3v) is 4.38. The van der Waals surface area contributed by atoms with Crippen LogP contribution < -0.4 is 5.32 Å². The quantitative estimate of drug-likeness (QED) is 0.465. The second-order valence-electron chi connectivity index (χ2n) is 5.69. The van der Waals surface area contributed by atoms with Crippen molar-refractivity contribution in [2.45, 2.75) is 13.8 Å². The number of rotatable bonds is 5. The molecule has 0 bridgehead atoms. The van der Waals surface area contributed by atoms with Gasteiger partial charge in [-0.2, -0.15) is 0 Å². The SMILES string of the molecule is CCOC(=O)c1cnc2ccc(Br)cc2c1Nc1ccc(C(C)=O)cc1. The van der Waals surface area contributed by atoms with Gasteiger partial charge in [-0.3, -0.25) is 9.78 Å². The monoisotopic (exact) mass is 412 g/mol. The highest BCUT2D eigenvalue weighted by molar-refractivity contribution is 9.10. The number of pyridine rings is 1. The average molecular weight is 413 g/mol. The highest BCUT2D eigenvalue weighted by Crippen LogP contribution is 2.31. The maximum absolute atomic E-state index is 12.4. The van der Waals surface area contributed by atoms with Gasteiger partial charge in [0.05, 0.1) is 17.8 Å². The number of carbonyl (C=O) groups excluding carboxylic acids is 2. The van der Waals surface area contributed by atoms with Crippen LogP contribution in [0.25, 0.3) is 10.9 Å². The van der Waals surface area contributed by atoms with Crippen LogP contribution in [0, 0.1) is 0 Å². The molecule has 3 rings (SSSR count). The Bertz CT molecular complexity index is 984. The van der Waals surface area contributed by atoms with Gasteiger partial charge in [0.25, 0.3) is 0 Å². The predicted molar refractivity (Wildman–Crippen MR) is 105 cm³/mol. The number of ketones is 1. The van der Waals surface area contributed by atoms with Gasteiger partial charge < -0.3 is 10.1 Å². The van der Waals surface area contributed by atoms with Crippen LogP contribution in [0.2, 0.25) is 0 Å². The Morgan fingerprint density at radius 2 is 1.88 bits per heavy atom. The van der Waals surface area contributed by atoms with Crippen molar-refractivity contribution in [1.29, 1.82) is 0 Å². The molecule has 0 atom stereocenters. The zero-order valence-electron chi connectivity index (χ0n) is 14.4. The first kappa shape index (κ1) is 18.1. The number of aromatic nitrogens is 1. The second kappa shape index (κ2) is 7.66. The molecule has 0 spiro atoms. The number of benzene rings is 2. The Balaban J connectivity index is 2.11. The van der Waals surface area contributed by atoms with Crippen molar-refractivity contribution in [2.75, 3.05) is 11.9 Å². The summed E-state index contributed by atoms with van der Waals surface area (Å²) in [6, 6.07) is 12.8. The van der Waals surface area contributed by atoms with E-state index < -0.39 is 5.97 Å². The fourth-order valence-electron chi connectivity index (χ4n) is 2.60. The Labute approximate surface area is 159 Å². The zero-order valence-corrected chi connectivity index (χ0v) is 16.0. The lowest BCUT2D eigenvalue weighted by Crippen LogP contribution is -2.09. The molecule has 0 saturated heterocycles. The molecule has 0 fully saturated rings. The summed E-state index contributed by atoms with van der Waals surface area (Å²) in [5.74, 6) is -0.438. The molecule has 26 heavy (non-hydrogen) atoms. The first-order valence-corrected chi connectivity index (χ1v) is 8.92. The Morgan fingerprint density at radius 1 is 1.15 bits per heavy atom. The van der Waals surface area contributed by atoms with E-state index in [1.54, 1.807) is 31.2 Å². The molecule has 0 aliphatic rings. The van der Waals surface area contributed by atoms with Gasteiger partial charge >= 0.3 is 5.97 Å². The van der Waals surface area contributed by atoms with Crippen LogP contribution >= 0.6 is 15.9 Å². The molecule has 1 aromatic heterocycles. The van der Waals surface area contributed by atoms with Crippen molar-refractivity contribution in [3.63, 3.8) is 0 Å². The van der Waals surface area contributed by atoms with Gasteiger partial charge in [0.15, 0.2) is 5.78 Å². The molecule has 2 aromatic carbocycles. The Kier molecular flexibility index (Phi) is 5.32. The van der Waals surface area contributed by atoms with Crippen molar-refractivity contribution < 1.29 is 14.3 Å². The predicted octanol–water partition coefficient (Wildman–Crippen LogP) is 5.12. The molecular formula is C20H17BrN2O3. The average Bonchev–Trinajstić information content (AvgIpc) is 2.62. The normalized spacial score (nSPS) is 10.6. The van der Waals surface area contributed by atoms with Crippen LogP contribution in [0.3, 0.4) is 0 Å². The summed E-state index contributed by atoms with van der Waals surface area (Å²) in [6.45, 7) is 3.56.